The molecule has 10 nitrogen and oxygen atoms in total. The lowest BCUT2D eigenvalue weighted by Gasteiger charge is -2.09. The Labute approximate surface area is 165 Å². The number of imidazole rings is 1. The Morgan fingerprint density at radius 3 is 2.55 bits per heavy atom. The maximum absolute atomic E-state index is 11.5. The van der Waals surface area contributed by atoms with Crippen LogP contribution in [-0.2, 0) is 21.4 Å². The van der Waals surface area contributed by atoms with Gasteiger partial charge in [-0.05, 0) is 40.1 Å². The number of nitrogens with one attached hydrogen (secondary N) is 1. The van der Waals surface area contributed by atoms with Gasteiger partial charge in [0.25, 0.3) is 0 Å². The van der Waals surface area contributed by atoms with Gasteiger partial charge in [-0.3, -0.25) is 4.79 Å². The summed E-state index contributed by atoms with van der Waals surface area (Å²) in [6, 6.07) is 13.7. The summed E-state index contributed by atoms with van der Waals surface area (Å²) >= 11 is 0. The summed E-state index contributed by atoms with van der Waals surface area (Å²) in [5, 5.41) is 15.4. The Kier molecular flexibility index (Phi) is 4.60. The van der Waals surface area contributed by atoms with Crippen molar-refractivity contribution in [1.29, 1.82) is 0 Å². The number of para-hydroxylation sites is 2. The van der Waals surface area contributed by atoms with E-state index in [1.54, 1.807) is 12.1 Å². The summed E-state index contributed by atoms with van der Waals surface area (Å²) < 4.78 is 29.6. The zero-order valence-corrected chi connectivity index (χ0v) is 16.0. The van der Waals surface area contributed by atoms with Crippen molar-refractivity contribution in [3.05, 3.63) is 54.1 Å². The predicted octanol–water partition coefficient (Wildman–Crippen LogP) is 1.74. The van der Waals surface area contributed by atoms with Gasteiger partial charge in [-0.2, -0.15) is 0 Å². The van der Waals surface area contributed by atoms with Gasteiger partial charge in [0.2, 0.25) is 21.7 Å². The van der Waals surface area contributed by atoms with E-state index in [9.17, 15) is 13.2 Å². The van der Waals surface area contributed by atoms with Crippen LogP contribution in [0.15, 0.2) is 58.1 Å². The summed E-state index contributed by atoms with van der Waals surface area (Å²) in [6.07, 6.45) is 0. The Hall–Kier alpha value is -3.57. The minimum absolute atomic E-state index is 0.0330. The van der Waals surface area contributed by atoms with Crippen LogP contribution in [0.5, 0.6) is 0 Å². The van der Waals surface area contributed by atoms with Crippen LogP contribution in [0, 0.1) is 0 Å². The molecule has 0 atom stereocenters. The number of anilines is 1. The Balaban J connectivity index is 1.81. The summed E-state index contributed by atoms with van der Waals surface area (Å²) in [5.41, 5.74) is 2.66. The number of sulfonamides is 1. The highest BCUT2D eigenvalue weighted by Crippen LogP contribution is 2.29. The molecule has 148 valence electrons. The fourth-order valence-corrected chi connectivity index (χ4v) is 3.48. The van der Waals surface area contributed by atoms with Crippen molar-refractivity contribution >= 4 is 32.8 Å². The number of aromatic nitrogens is 4. The van der Waals surface area contributed by atoms with Crippen LogP contribution in [0.1, 0.15) is 12.5 Å². The van der Waals surface area contributed by atoms with E-state index in [1.807, 2.05) is 28.8 Å². The Morgan fingerprint density at radius 1 is 1.14 bits per heavy atom. The van der Waals surface area contributed by atoms with Crippen molar-refractivity contribution in [2.24, 2.45) is 5.14 Å². The largest absolute Gasteiger partial charge is 0.318 e. The van der Waals surface area contributed by atoms with Gasteiger partial charge in [-0.25, -0.2) is 23.2 Å². The first-order valence-electron chi connectivity index (χ1n) is 8.50. The lowest BCUT2D eigenvalue weighted by atomic mass is 10.2. The molecule has 4 rings (SSSR count). The molecule has 0 fully saturated rings. The number of rotatable bonds is 5. The number of carbonyl (C=O) groups is 1. The van der Waals surface area contributed by atoms with Gasteiger partial charge in [-0.15, -0.1) is 0 Å². The van der Waals surface area contributed by atoms with E-state index >= 15 is 0 Å². The molecule has 0 saturated carbocycles. The van der Waals surface area contributed by atoms with Crippen LogP contribution in [0.3, 0.4) is 0 Å². The SMILES string of the molecule is CC(=O)Nc1nonc1-c1nc2ccccc2n1Cc1ccc(S(N)(=O)=O)cc1. The van der Waals surface area contributed by atoms with E-state index in [4.69, 9.17) is 9.77 Å². The van der Waals surface area contributed by atoms with Crippen LogP contribution in [0.4, 0.5) is 5.82 Å². The fourth-order valence-electron chi connectivity index (χ4n) is 2.97. The maximum Gasteiger partial charge on any atom is 0.238 e. The molecular weight excluding hydrogens is 396 g/mol. The van der Waals surface area contributed by atoms with E-state index in [0.29, 0.717) is 12.4 Å². The van der Waals surface area contributed by atoms with Gasteiger partial charge in [0.15, 0.2) is 11.5 Å². The first kappa shape index (κ1) is 18.8. The third-order valence-electron chi connectivity index (χ3n) is 4.24. The molecule has 1 amide bonds. The molecule has 0 spiro atoms. The summed E-state index contributed by atoms with van der Waals surface area (Å²) in [6.45, 7) is 1.72. The lowest BCUT2D eigenvalue weighted by molar-refractivity contribution is -0.114. The summed E-state index contributed by atoms with van der Waals surface area (Å²) in [4.78, 5) is 16.1. The van der Waals surface area contributed by atoms with Crippen molar-refractivity contribution in [2.75, 3.05) is 5.32 Å². The molecule has 0 saturated heterocycles. The highest BCUT2D eigenvalue weighted by Gasteiger charge is 2.21. The summed E-state index contributed by atoms with van der Waals surface area (Å²) in [7, 11) is -3.77. The number of amides is 1. The topological polar surface area (TPSA) is 146 Å². The molecule has 2 aromatic heterocycles. The van der Waals surface area contributed by atoms with E-state index in [2.05, 4.69) is 20.6 Å². The molecule has 4 aromatic rings. The first-order chi connectivity index (χ1) is 13.8. The quantitative estimate of drug-likeness (QED) is 0.507. The zero-order chi connectivity index (χ0) is 20.6. The van der Waals surface area contributed by atoms with Gasteiger partial charge in [0, 0.05) is 13.5 Å². The van der Waals surface area contributed by atoms with Crippen molar-refractivity contribution < 1.29 is 17.8 Å². The molecule has 29 heavy (non-hydrogen) atoms. The number of carbonyl (C=O) groups excluding carboxylic acids is 1. The minimum atomic E-state index is -3.77. The van der Waals surface area contributed by atoms with Crippen molar-refractivity contribution in [3.8, 4) is 11.5 Å². The van der Waals surface area contributed by atoms with Crippen LogP contribution < -0.4 is 10.5 Å². The van der Waals surface area contributed by atoms with E-state index in [-0.39, 0.29) is 22.3 Å². The average molecular weight is 412 g/mol. The molecule has 3 N–H and O–H groups in total. The van der Waals surface area contributed by atoms with Gasteiger partial charge in [0.05, 0.1) is 15.9 Å². The van der Waals surface area contributed by atoms with Crippen LogP contribution in [-0.4, -0.2) is 34.2 Å². The smallest absolute Gasteiger partial charge is 0.238 e. The van der Waals surface area contributed by atoms with Gasteiger partial charge in [0.1, 0.15) is 0 Å². The van der Waals surface area contributed by atoms with Crippen LogP contribution >= 0.6 is 0 Å². The molecule has 0 radical (unpaired) electrons. The molecule has 0 aliphatic heterocycles. The lowest BCUT2D eigenvalue weighted by Crippen LogP contribution is -2.12. The third kappa shape index (κ3) is 3.73. The van der Waals surface area contributed by atoms with Crippen molar-refractivity contribution in [1.82, 2.24) is 19.9 Å². The van der Waals surface area contributed by atoms with Gasteiger partial charge >= 0.3 is 0 Å². The average Bonchev–Trinajstić information content (AvgIpc) is 3.25. The maximum atomic E-state index is 11.5. The monoisotopic (exact) mass is 412 g/mol. The molecule has 0 aliphatic carbocycles. The Morgan fingerprint density at radius 2 is 1.86 bits per heavy atom. The predicted molar refractivity (Wildman–Crippen MR) is 104 cm³/mol. The second-order valence-electron chi connectivity index (χ2n) is 6.34. The number of benzene rings is 2. The first-order valence-corrected chi connectivity index (χ1v) is 10.0. The number of primary sulfonamides is 1. The fraction of sp³-hybridized carbons (Fsp3) is 0.111. The molecule has 11 heteroatoms. The standard InChI is InChI=1S/C18H16N6O4S/c1-11(25)20-17-16(22-28-23-17)18-21-14-4-2-3-5-15(14)24(18)10-12-6-8-13(9-7-12)29(19,26)27/h2-9H,10H2,1H3,(H2,19,26,27)(H,20,23,25). The van der Waals surface area contributed by atoms with E-state index < -0.39 is 10.0 Å². The van der Waals surface area contributed by atoms with Crippen LogP contribution in [0.2, 0.25) is 0 Å². The Bertz CT molecular complexity index is 1310. The van der Waals surface area contributed by atoms with Crippen molar-refractivity contribution in [2.45, 2.75) is 18.4 Å². The number of nitrogens with two attached hydrogens (primary N) is 1. The molecule has 0 unspecified atom stereocenters. The second kappa shape index (κ2) is 7.11. The molecule has 2 aromatic carbocycles. The second-order valence-corrected chi connectivity index (χ2v) is 7.90. The number of hydrogen-bond donors (Lipinski definition) is 2. The number of fused-ring (bicyclic) bond motifs is 1. The van der Waals surface area contributed by atoms with E-state index in [0.717, 1.165) is 16.6 Å². The van der Waals surface area contributed by atoms with Crippen molar-refractivity contribution in [3.63, 3.8) is 0 Å². The molecule has 0 bridgehead atoms. The molecular formula is C18H16N6O4S. The highest BCUT2D eigenvalue weighted by atomic mass is 32.2. The highest BCUT2D eigenvalue weighted by molar-refractivity contribution is 7.89. The van der Waals surface area contributed by atoms with E-state index in [1.165, 1.54) is 19.1 Å². The third-order valence-corrected chi connectivity index (χ3v) is 5.17. The number of hydrogen-bond acceptors (Lipinski definition) is 7. The molecule has 0 aliphatic rings. The number of nitrogens with zero attached hydrogens (tertiary/aromatic N) is 4. The molecule has 2 heterocycles. The zero-order valence-electron chi connectivity index (χ0n) is 15.2. The minimum Gasteiger partial charge on any atom is -0.318 e. The normalized spacial score (nSPS) is 11.7. The van der Waals surface area contributed by atoms with Gasteiger partial charge < -0.3 is 9.88 Å². The summed E-state index contributed by atoms with van der Waals surface area (Å²) in [5.74, 6) is 0.300. The van der Waals surface area contributed by atoms with Crippen LogP contribution in [0.25, 0.3) is 22.6 Å². The van der Waals surface area contributed by atoms with Gasteiger partial charge in [-0.1, -0.05) is 24.3 Å².